The minimum Gasteiger partial charge on any atom is -0.491 e. The average Bonchev–Trinajstić information content (AvgIpc) is 3.38. The van der Waals surface area contributed by atoms with E-state index in [9.17, 15) is 14.3 Å². The van der Waals surface area contributed by atoms with E-state index in [1.165, 1.54) is 0 Å². The molecule has 0 aliphatic heterocycles. The lowest BCUT2D eigenvalue weighted by Crippen LogP contribution is -2.65. The van der Waals surface area contributed by atoms with Crippen LogP contribution in [0.4, 0.5) is 10.1 Å². The maximum Gasteiger partial charge on any atom is 0.232 e. The number of anilines is 1. The summed E-state index contributed by atoms with van der Waals surface area (Å²) in [5.74, 6) is 2.23. The first-order valence-corrected chi connectivity index (χ1v) is 14.9. The molecule has 1 heterocycles. The van der Waals surface area contributed by atoms with Gasteiger partial charge in [-0.15, -0.1) is 0 Å². The summed E-state index contributed by atoms with van der Waals surface area (Å²) in [5.41, 5.74) is -1.52. The molecule has 1 aromatic carbocycles. The fraction of sp³-hybridized carbons (Fsp3) is 0.719. The van der Waals surface area contributed by atoms with Gasteiger partial charge in [-0.1, -0.05) is 32.0 Å². The number of amides is 1. The van der Waals surface area contributed by atoms with Crippen molar-refractivity contribution in [1.29, 1.82) is 0 Å². The largest absolute Gasteiger partial charge is 0.491 e. The van der Waals surface area contributed by atoms with Crippen molar-refractivity contribution in [3.63, 3.8) is 0 Å². The van der Waals surface area contributed by atoms with Gasteiger partial charge >= 0.3 is 0 Å². The normalized spacial score (nSPS) is 32.8. The van der Waals surface area contributed by atoms with Crippen LogP contribution in [0.25, 0.3) is 0 Å². The van der Waals surface area contributed by atoms with Gasteiger partial charge in [0.05, 0.1) is 5.60 Å². The molecule has 8 rings (SSSR count). The van der Waals surface area contributed by atoms with Gasteiger partial charge in [0.2, 0.25) is 11.8 Å². The lowest BCUT2D eigenvalue weighted by molar-refractivity contribution is -0.215. The maximum absolute atomic E-state index is 14.3. The Kier molecular flexibility index (Phi) is 6.23. The van der Waals surface area contributed by atoms with Gasteiger partial charge in [0, 0.05) is 35.5 Å². The van der Waals surface area contributed by atoms with Gasteiger partial charge in [0.1, 0.15) is 18.0 Å². The summed E-state index contributed by atoms with van der Waals surface area (Å²) in [4.78, 5) is 20.7. The third-order valence-electron chi connectivity index (χ3n) is 10.1. The first-order chi connectivity index (χ1) is 18.6. The molecule has 6 aliphatic carbocycles. The second-order valence-corrected chi connectivity index (χ2v) is 15.4. The van der Waals surface area contributed by atoms with Crippen LogP contribution in [-0.4, -0.2) is 45.6 Å². The standard InChI is InChI=1S/C32H44FN3O4/c1-27(2,3)26-34-25(35-40-26)31-12-9-29(10-13-31,11-14-31)20-36(24(37)16-30-17-32(33,18-30)19-30)22-7-6-8-23(15-22)39-21-28(4,5)38/h6-8,15,38H,9-14,16-21H2,1-5H3. The van der Waals surface area contributed by atoms with Crippen LogP contribution in [0.2, 0.25) is 0 Å². The molecule has 40 heavy (non-hydrogen) atoms. The Hall–Kier alpha value is -2.48. The van der Waals surface area contributed by atoms with Crippen molar-refractivity contribution in [3.8, 4) is 5.75 Å². The second kappa shape index (κ2) is 9.01. The third kappa shape index (κ3) is 5.05. The molecule has 6 fully saturated rings. The lowest BCUT2D eigenvalue weighted by Gasteiger charge is -2.66. The Morgan fingerprint density at radius 2 is 1.70 bits per heavy atom. The van der Waals surface area contributed by atoms with Crippen molar-refractivity contribution in [2.75, 3.05) is 18.1 Å². The second-order valence-electron chi connectivity index (χ2n) is 15.4. The summed E-state index contributed by atoms with van der Waals surface area (Å²) in [7, 11) is 0. The number of halogens is 1. The fourth-order valence-corrected chi connectivity index (χ4v) is 7.70. The van der Waals surface area contributed by atoms with Crippen LogP contribution in [-0.2, 0) is 15.6 Å². The summed E-state index contributed by atoms with van der Waals surface area (Å²) < 4.78 is 25.8. The molecule has 1 N–H and O–H groups in total. The number of aliphatic hydroxyl groups is 1. The first-order valence-electron chi connectivity index (χ1n) is 14.9. The zero-order chi connectivity index (χ0) is 28.6. The molecule has 4 bridgehead atoms. The summed E-state index contributed by atoms with van der Waals surface area (Å²) in [6, 6.07) is 7.63. The zero-order valence-corrected chi connectivity index (χ0v) is 24.7. The highest BCUT2D eigenvalue weighted by Gasteiger charge is 2.69. The van der Waals surface area contributed by atoms with E-state index >= 15 is 0 Å². The van der Waals surface area contributed by atoms with E-state index in [1.807, 2.05) is 29.2 Å². The summed E-state index contributed by atoms with van der Waals surface area (Å²) in [6.45, 7) is 10.5. The average molecular weight is 554 g/mol. The van der Waals surface area contributed by atoms with Gasteiger partial charge in [0.25, 0.3) is 0 Å². The lowest BCUT2D eigenvalue weighted by atomic mass is 9.41. The Morgan fingerprint density at radius 3 is 2.25 bits per heavy atom. The van der Waals surface area contributed by atoms with Crippen LogP contribution < -0.4 is 9.64 Å². The fourth-order valence-electron chi connectivity index (χ4n) is 7.70. The molecule has 2 aromatic rings. The van der Waals surface area contributed by atoms with E-state index < -0.39 is 11.3 Å². The highest BCUT2D eigenvalue weighted by molar-refractivity contribution is 5.94. The monoisotopic (exact) mass is 553 g/mol. The van der Waals surface area contributed by atoms with Crippen molar-refractivity contribution in [2.24, 2.45) is 10.8 Å². The molecule has 6 saturated carbocycles. The number of hydrogen-bond acceptors (Lipinski definition) is 6. The molecule has 1 amide bonds. The quantitative estimate of drug-likeness (QED) is 0.385. The summed E-state index contributed by atoms with van der Waals surface area (Å²) >= 11 is 0. The van der Waals surface area contributed by atoms with Crippen LogP contribution in [0.15, 0.2) is 28.8 Å². The number of carbonyl (C=O) groups excluding carboxylic acids is 1. The van der Waals surface area contributed by atoms with Crippen molar-refractivity contribution in [2.45, 2.75) is 121 Å². The predicted octanol–water partition coefficient (Wildman–Crippen LogP) is 6.42. The summed E-state index contributed by atoms with van der Waals surface area (Å²) in [5, 5.41) is 14.6. The number of nitrogens with zero attached hydrogens (tertiary/aromatic N) is 3. The third-order valence-corrected chi connectivity index (χ3v) is 10.1. The molecule has 0 radical (unpaired) electrons. The van der Waals surface area contributed by atoms with Gasteiger partial charge in [-0.25, -0.2) is 4.39 Å². The smallest absolute Gasteiger partial charge is 0.232 e. The number of hydrogen-bond donors (Lipinski definition) is 1. The van der Waals surface area contributed by atoms with E-state index in [4.69, 9.17) is 14.2 Å². The van der Waals surface area contributed by atoms with Crippen LogP contribution in [0.5, 0.6) is 5.75 Å². The molecule has 0 unspecified atom stereocenters. The number of carbonyl (C=O) groups is 1. The highest BCUT2D eigenvalue weighted by atomic mass is 19.1. The van der Waals surface area contributed by atoms with E-state index in [1.54, 1.807) is 13.8 Å². The van der Waals surface area contributed by atoms with Crippen LogP contribution in [0, 0.1) is 10.8 Å². The number of alkyl halides is 1. The molecule has 7 nitrogen and oxygen atoms in total. The van der Waals surface area contributed by atoms with Crippen LogP contribution in [0.1, 0.15) is 111 Å². The molecule has 218 valence electrons. The highest BCUT2D eigenvalue weighted by Crippen LogP contribution is 2.71. The molecule has 1 aromatic heterocycles. The van der Waals surface area contributed by atoms with E-state index in [0.717, 1.165) is 50.0 Å². The Bertz CT molecular complexity index is 1250. The van der Waals surface area contributed by atoms with Crippen LogP contribution >= 0.6 is 0 Å². The molecule has 6 aliphatic rings. The molecule has 8 heteroatoms. The van der Waals surface area contributed by atoms with Crippen LogP contribution in [0.3, 0.4) is 0 Å². The zero-order valence-electron chi connectivity index (χ0n) is 24.7. The van der Waals surface area contributed by atoms with Gasteiger partial charge in [-0.05, 0) is 94.6 Å². The maximum atomic E-state index is 14.3. The molecule has 0 spiro atoms. The van der Waals surface area contributed by atoms with Gasteiger partial charge in [-0.2, -0.15) is 4.98 Å². The predicted molar refractivity (Wildman–Crippen MR) is 150 cm³/mol. The minimum absolute atomic E-state index is 0.0265. The number of benzene rings is 1. The van der Waals surface area contributed by atoms with Gasteiger partial charge in [0.15, 0.2) is 5.82 Å². The van der Waals surface area contributed by atoms with Gasteiger partial charge in [-0.3, -0.25) is 4.79 Å². The number of ether oxygens (including phenoxy) is 1. The molecular formula is C32H44FN3O4. The van der Waals surface area contributed by atoms with E-state index in [2.05, 4.69) is 25.9 Å². The van der Waals surface area contributed by atoms with E-state index in [-0.39, 0.29) is 34.2 Å². The Balaban J connectivity index is 1.21. The van der Waals surface area contributed by atoms with Crippen molar-refractivity contribution in [1.82, 2.24) is 10.1 Å². The topological polar surface area (TPSA) is 88.7 Å². The SMILES string of the molecule is CC(C)(O)COc1cccc(N(CC23CCC(c4noc(C(C)(C)C)n4)(CC2)CC3)C(=O)CC23CC(F)(C2)C3)c1. The Labute approximate surface area is 236 Å². The molecular weight excluding hydrogens is 509 g/mol. The molecule has 0 saturated heterocycles. The number of fused-ring (bicyclic) bond motifs is 3. The number of aromatic nitrogens is 2. The summed E-state index contributed by atoms with van der Waals surface area (Å²) in [6.07, 6.45) is 7.92. The minimum atomic E-state index is -1.02. The van der Waals surface area contributed by atoms with Crippen molar-refractivity contribution >= 4 is 11.6 Å². The van der Waals surface area contributed by atoms with Gasteiger partial charge < -0.3 is 19.3 Å². The Morgan fingerprint density at radius 1 is 1.05 bits per heavy atom. The number of rotatable bonds is 9. The van der Waals surface area contributed by atoms with Crippen molar-refractivity contribution < 1.29 is 23.6 Å². The first kappa shape index (κ1) is 27.7. The molecule has 0 atom stereocenters. The van der Waals surface area contributed by atoms with E-state index in [0.29, 0.717) is 43.9 Å². The van der Waals surface area contributed by atoms with Crippen molar-refractivity contribution in [3.05, 3.63) is 36.0 Å².